The number of nitrogens with zero attached hydrogens (tertiary/aromatic N) is 2. The Morgan fingerprint density at radius 1 is 1.47 bits per heavy atom. The lowest BCUT2D eigenvalue weighted by molar-refractivity contribution is 0.602. The lowest BCUT2D eigenvalue weighted by Gasteiger charge is -2.14. The van der Waals surface area contributed by atoms with Crippen LogP contribution in [0.2, 0.25) is 0 Å². The molecule has 0 amide bonds. The third-order valence-electron chi connectivity index (χ3n) is 2.70. The quantitative estimate of drug-likeness (QED) is 0.881. The van der Waals surface area contributed by atoms with Crippen molar-refractivity contribution in [3.8, 4) is 0 Å². The number of hydrogen-bond acceptors (Lipinski definition) is 2. The molecule has 3 nitrogen and oxygen atoms in total. The van der Waals surface area contributed by atoms with Gasteiger partial charge in [0.25, 0.3) is 0 Å². The first-order chi connectivity index (χ1) is 8.22. The molecule has 0 fully saturated rings. The number of aromatic nitrogens is 2. The van der Waals surface area contributed by atoms with E-state index in [1.54, 1.807) is 12.3 Å². The van der Waals surface area contributed by atoms with Crippen LogP contribution in [0, 0.1) is 5.82 Å². The molecule has 0 aliphatic heterocycles. The molecule has 2 N–H and O–H groups in total. The summed E-state index contributed by atoms with van der Waals surface area (Å²) in [6, 6.07) is 5.97. The highest BCUT2D eigenvalue weighted by Crippen LogP contribution is 2.19. The maximum Gasteiger partial charge on any atom is 0.130 e. The minimum Gasteiger partial charge on any atom is -0.333 e. The van der Waals surface area contributed by atoms with Gasteiger partial charge in [0.05, 0.1) is 6.04 Å². The van der Waals surface area contributed by atoms with Crippen molar-refractivity contribution in [3.63, 3.8) is 0 Å². The SMILES string of the molecule is CCCn1ccnc1C(N)c1cccc(F)c1. The van der Waals surface area contributed by atoms with Gasteiger partial charge >= 0.3 is 0 Å². The van der Waals surface area contributed by atoms with Crippen LogP contribution in [0.5, 0.6) is 0 Å². The summed E-state index contributed by atoms with van der Waals surface area (Å²) in [4.78, 5) is 4.26. The van der Waals surface area contributed by atoms with Crippen LogP contribution >= 0.6 is 0 Å². The standard InChI is InChI=1S/C13H16FN3/c1-2-7-17-8-6-16-13(17)12(15)10-4-3-5-11(14)9-10/h3-6,8-9,12H,2,7,15H2,1H3. The zero-order valence-electron chi connectivity index (χ0n) is 9.81. The molecule has 2 rings (SSSR count). The second kappa shape index (κ2) is 5.10. The molecular weight excluding hydrogens is 217 g/mol. The molecule has 1 unspecified atom stereocenters. The predicted octanol–water partition coefficient (Wildman–Crippen LogP) is 2.48. The van der Waals surface area contributed by atoms with Gasteiger partial charge in [0, 0.05) is 18.9 Å². The smallest absolute Gasteiger partial charge is 0.130 e. The summed E-state index contributed by atoms with van der Waals surface area (Å²) in [7, 11) is 0. The largest absolute Gasteiger partial charge is 0.333 e. The first-order valence-corrected chi connectivity index (χ1v) is 5.74. The Morgan fingerprint density at radius 2 is 2.29 bits per heavy atom. The lowest BCUT2D eigenvalue weighted by Crippen LogP contribution is -2.18. The zero-order chi connectivity index (χ0) is 12.3. The van der Waals surface area contributed by atoms with E-state index < -0.39 is 0 Å². The molecule has 0 bridgehead atoms. The first kappa shape index (κ1) is 11.8. The van der Waals surface area contributed by atoms with E-state index in [9.17, 15) is 4.39 Å². The summed E-state index contributed by atoms with van der Waals surface area (Å²) < 4.78 is 15.1. The van der Waals surface area contributed by atoms with Gasteiger partial charge in [-0.05, 0) is 24.1 Å². The first-order valence-electron chi connectivity index (χ1n) is 5.74. The molecule has 0 saturated carbocycles. The number of rotatable bonds is 4. The summed E-state index contributed by atoms with van der Waals surface area (Å²) in [5.41, 5.74) is 6.85. The molecular formula is C13H16FN3. The fraction of sp³-hybridized carbons (Fsp3) is 0.308. The van der Waals surface area contributed by atoms with E-state index in [1.807, 2.05) is 16.8 Å². The van der Waals surface area contributed by atoms with Gasteiger partial charge in [0.1, 0.15) is 11.6 Å². The summed E-state index contributed by atoms with van der Waals surface area (Å²) in [5.74, 6) is 0.504. The van der Waals surface area contributed by atoms with Crippen molar-refractivity contribution in [2.45, 2.75) is 25.9 Å². The van der Waals surface area contributed by atoms with Gasteiger partial charge in [-0.1, -0.05) is 19.1 Å². The monoisotopic (exact) mass is 233 g/mol. The van der Waals surface area contributed by atoms with Crippen molar-refractivity contribution in [1.82, 2.24) is 9.55 Å². The van der Waals surface area contributed by atoms with Gasteiger partial charge in [0.2, 0.25) is 0 Å². The van der Waals surface area contributed by atoms with Crippen molar-refractivity contribution in [2.75, 3.05) is 0 Å². The molecule has 0 radical (unpaired) electrons. The van der Waals surface area contributed by atoms with Crippen LogP contribution in [0.1, 0.15) is 30.8 Å². The molecule has 0 aliphatic carbocycles. The van der Waals surface area contributed by atoms with Gasteiger partial charge in [-0.25, -0.2) is 9.37 Å². The summed E-state index contributed by atoms with van der Waals surface area (Å²) >= 11 is 0. The number of imidazole rings is 1. The molecule has 1 aromatic carbocycles. The number of benzene rings is 1. The number of hydrogen-bond donors (Lipinski definition) is 1. The summed E-state index contributed by atoms with van der Waals surface area (Å²) in [5, 5.41) is 0. The highest BCUT2D eigenvalue weighted by atomic mass is 19.1. The Hall–Kier alpha value is -1.68. The minimum atomic E-state index is -0.382. The van der Waals surface area contributed by atoms with Crippen molar-refractivity contribution < 1.29 is 4.39 Å². The van der Waals surface area contributed by atoms with E-state index in [0.717, 1.165) is 24.4 Å². The Morgan fingerprint density at radius 3 is 3.00 bits per heavy atom. The fourth-order valence-electron chi connectivity index (χ4n) is 1.88. The fourth-order valence-corrected chi connectivity index (χ4v) is 1.88. The molecule has 4 heteroatoms. The Kier molecular flexibility index (Phi) is 3.54. The Bertz CT molecular complexity index is 493. The van der Waals surface area contributed by atoms with Crippen molar-refractivity contribution in [3.05, 3.63) is 53.9 Å². The average Bonchev–Trinajstić information content (AvgIpc) is 2.77. The van der Waals surface area contributed by atoms with Crippen molar-refractivity contribution in [2.24, 2.45) is 5.73 Å². The van der Waals surface area contributed by atoms with E-state index >= 15 is 0 Å². The van der Waals surface area contributed by atoms with E-state index in [-0.39, 0.29) is 11.9 Å². The van der Waals surface area contributed by atoms with Crippen LogP contribution in [0.4, 0.5) is 4.39 Å². The second-order valence-corrected chi connectivity index (χ2v) is 4.01. The van der Waals surface area contributed by atoms with Crippen LogP contribution < -0.4 is 5.73 Å². The lowest BCUT2D eigenvalue weighted by atomic mass is 10.1. The topological polar surface area (TPSA) is 43.8 Å². The van der Waals surface area contributed by atoms with Gasteiger partial charge in [-0.15, -0.1) is 0 Å². The molecule has 2 aromatic rings. The number of halogens is 1. The number of aryl methyl sites for hydroxylation is 1. The molecule has 1 heterocycles. The average molecular weight is 233 g/mol. The molecule has 0 spiro atoms. The van der Waals surface area contributed by atoms with Crippen LogP contribution in [0.3, 0.4) is 0 Å². The zero-order valence-corrected chi connectivity index (χ0v) is 9.81. The van der Waals surface area contributed by atoms with E-state index in [1.165, 1.54) is 12.1 Å². The van der Waals surface area contributed by atoms with Crippen molar-refractivity contribution >= 4 is 0 Å². The Labute approximate surface area is 100 Å². The van der Waals surface area contributed by atoms with Crippen LogP contribution in [0.25, 0.3) is 0 Å². The molecule has 0 saturated heterocycles. The minimum absolute atomic E-state index is 0.272. The normalized spacial score (nSPS) is 12.6. The highest BCUT2D eigenvalue weighted by Gasteiger charge is 2.14. The molecule has 17 heavy (non-hydrogen) atoms. The van der Waals surface area contributed by atoms with E-state index in [4.69, 9.17) is 5.73 Å². The molecule has 0 aliphatic rings. The summed E-state index contributed by atoms with van der Waals surface area (Å²) in [6.07, 6.45) is 4.64. The van der Waals surface area contributed by atoms with Crippen LogP contribution in [0.15, 0.2) is 36.7 Å². The van der Waals surface area contributed by atoms with Gasteiger partial charge in [-0.2, -0.15) is 0 Å². The summed E-state index contributed by atoms with van der Waals surface area (Å²) in [6.45, 7) is 2.97. The molecule has 1 atom stereocenters. The Balaban J connectivity index is 2.30. The number of nitrogens with two attached hydrogens (primary N) is 1. The van der Waals surface area contributed by atoms with Gasteiger partial charge < -0.3 is 10.3 Å². The van der Waals surface area contributed by atoms with Crippen molar-refractivity contribution in [1.29, 1.82) is 0 Å². The van der Waals surface area contributed by atoms with Gasteiger partial charge in [0.15, 0.2) is 0 Å². The maximum absolute atomic E-state index is 13.1. The highest BCUT2D eigenvalue weighted by molar-refractivity contribution is 5.25. The molecule has 1 aromatic heterocycles. The van der Waals surface area contributed by atoms with E-state index in [2.05, 4.69) is 11.9 Å². The van der Waals surface area contributed by atoms with Crippen LogP contribution in [-0.2, 0) is 6.54 Å². The van der Waals surface area contributed by atoms with Gasteiger partial charge in [-0.3, -0.25) is 0 Å². The third kappa shape index (κ3) is 2.53. The predicted molar refractivity (Wildman–Crippen MR) is 64.9 cm³/mol. The second-order valence-electron chi connectivity index (χ2n) is 4.01. The van der Waals surface area contributed by atoms with E-state index in [0.29, 0.717) is 0 Å². The molecule has 90 valence electrons. The maximum atomic E-state index is 13.1. The van der Waals surface area contributed by atoms with Crippen LogP contribution in [-0.4, -0.2) is 9.55 Å². The third-order valence-corrected chi connectivity index (χ3v) is 2.70.